The minimum atomic E-state index is -2.17. The number of hydrogen-bond donors (Lipinski definition) is 0. The Morgan fingerprint density at radius 3 is 1.71 bits per heavy atom. The van der Waals surface area contributed by atoms with Crippen LogP contribution in [0, 0.1) is 29.1 Å². The first-order valence-corrected chi connectivity index (χ1v) is 13.7. The summed E-state index contributed by atoms with van der Waals surface area (Å²) in [5, 5.41) is 1.48. The zero-order chi connectivity index (χ0) is 29.3. The smallest absolute Gasteiger partial charge is 0.200 e. The van der Waals surface area contributed by atoms with Gasteiger partial charge in [-0.3, -0.25) is 0 Å². The zero-order valence-corrected chi connectivity index (χ0v) is 22.9. The molecule has 0 fully saturated rings. The Morgan fingerprint density at radius 2 is 1.07 bits per heavy atom. The summed E-state index contributed by atoms with van der Waals surface area (Å²) in [4.78, 5) is 2.32. The summed E-state index contributed by atoms with van der Waals surface area (Å²) in [6, 6.07) is 29.0. The molecule has 0 atom stereocenters. The number of benzene rings is 5. The van der Waals surface area contributed by atoms with Crippen LogP contribution in [0.4, 0.5) is 33.3 Å². The van der Waals surface area contributed by atoms with Crippen LogP contribution in [0.3, 0.4) is 0 Å². The summed E-state index contributed by atoms with van der Waals surface area (Å²) in [5.74, 6) is -9.79. The van der Waals surface area contributed by atoms with Gasteiger partial charge in [0.1, 0.15) is 0 Å². The fourth-order valence-electron chi connectivity index (χ4n) is 6.50. The first kappa shape index (κ1) is 26.3. The summed E-state index contributed by atoms with van der Waals surface area (Å²) < 4.78 is 73.3. The number of fused-ring (bicyclic) bond motifs is 5. The maximum absolute atomic E-state index is 14.7. The molecule has 5 aromatic carbocycles. The highest BCUT2D eigenvalue weighted by Gasteiger charge is 2.35. The van der Waals surface area contributed by atoms with E-state index < -0.39 is 34.6 Å². The Bertz CT molecular complexity index is 1960. The Hall–Kier alpha value is -4.65. The van der Waals surface area contributed by atoms with E-state index in [9.17, 15) is 22.0 Å². The van der Waals surface area contributed by atoms with Crippen LogP contribution < -0.4 is 4.90 Å². The van der Waals surface area contributed by atoms with Crippen molar-refractivity contribution in [2.75, 3.05) is 11.4 Å². The highest BCUT2D eigenvalue weighted by molar-refractivity contribution is 6.09. The third-order valence-electron chi connectivity index (χ3n) is 8.55. The van der Waals surface area contributed by atoms with Crippen molar-refractivity contribution in [3.8, 4) is 11.1 Å². The third kappa shape index (κ3) is 3.69. The molecule has 0 unspecified atom stereocenters. The molecule has 2 nitrogen and oxygen atoms in total. The molecule has 6 aromatic rings. The molecule has 0 saturated carbocycles. The van der Waals surface area contributed by atoms with Crippen LogP contribution >= 0.6 is 0 Å². The molecule has 2 heterocycles. The Labute approximate surface area is 239 Å². The number of aromatic nitrogens is 1. The van der Waals surface area contributed by atoms with E-state index in [2.05, 4.69) is 59.7 Å². The Balaban J connectivity index is 1.35. The molecule has 0 bridgehead atoms. The van der Waals surface area contributed by atoms with E-state index in [1.807, 2.05) is 36.4 Å². The minimum absolute atomic E-state index is 0.0840. The summed E-state index contributed by atoms with van der Waals surface area (Å²) in [7, 11) is 0. The van der Waals surface area contributed by atoms with E-state index in [0.29, 0.717) is 18.5 Å². The predicted molar refractivity (Wildman–Crippen MR) is 157 cm³/mol. The normalized spacial score (nSPS) is 13.9. The van der Waals surface area contributed by atoms with Crippen LogP contribution in [0.1, 0.15) is 25.0 Å². The highest BCUT2D eigenvalue weighted by atomic mass is 19.2. The molecule has 0 radical (unpaired) electrons. The maximum Gasteiger partial charge on any atom is 0.200 e. The van der Waals surface area contributed by atoms with Gasteiger partial charge in [-0.2, -0.15) is 0 Å². The van der Waals surface area contributed by atoms with Crippen molar-refractivity contribution in [2.24, 2.45) is 0 Å². The maximum atomic E-state index is 14.7. The summed E-state index contributed by atoms with van der Waals surface area (Å²) in [6.07, 6.45) is 0. The lowest BCUT2D eigenvalue weighted by molar-refractivity contribution is 0.381. The molecular formula is C35H25F5N2. The van der Waals surface area contributed by atoms with Gasteiger partial charge >= 0.3 is 0 Å². The van der Waals surface area contributed by atoms with E-state index in [4.69, 9.17) is 0 Å². The van der Waals surface area contributed by atoms with Crippen LogP contribution in [-0.4, -0.2) is 11.1 Å². The molecule has 7 heteroatoms. The van der Waals surface area contributed by atoms with Gasteiger partial charge in [-0.1, -0.05) is 74.5 Å². The van der Waals surface area contributed by atoms with Crippen LogP contribution in [0.5, 0.6) is 0 Å². The van der Waals surface area contributed by atoms with Crippen molar-refractivity contribution in [1.29, 1.82) is 0 Å². The molecule has 7 rings (SSSR count). The van der Waals surface area contributed by atoms with Gasteiger partial charge in [-0.25, -0.2) is 22.0 Å². The van der Waals surface area contributed by atoms with E-state index in [-0.39, 0.29) is 11.0 Å². The molecule has 0 amide bonds. The molecule has 210 valence electrons. The lowest BCUT2D eigenvalue weighted by Gasteiger charge is -2.42. The Kier molecular flexibility index (Phi) is 5.91. The number of nitrogens with zero attached hydrogens (tertiary/aromatic N) is 2. The van der Waals surface area contributed by atoms with Gasteiger partial charge < -0.3 is 9.47 Å². The molecule has 0 saturated heterocycles. The van der Waals surface area contributed by atoms with Crippen LogP contribution in [0.25, 0.3) is 32.9 Å². The highest BCUT2D eigenvalue weighted by Crippen LogP contribution is 2.48. The van der Waals surface area contributed by atoms with Gasteiger partial charge in [0.2, 0.25) is 5.82 Å². The van der Waals surface area contributed by atoms with Gasteiger partial charge in [-0.15, -0.1) is 0 Å². The van der Waals surface area contributed by atoms with Crippen LogP contribution in [0.15, 0.2) is 91.0 Å². The standard InChI is InChI=1S/C35H25F5N2/c1-35(2)23-10-4-7-13-27(23)42(28-14-8-5-11-24(28)35)18-17-41-25-12-6-3-9-21(25)22-19-20(15-16-26(22)41)29-30(36)32(38)34(40)33(39)31(29)37/h3-16,19H,17-18H2,1-2H3. The van der Waals surface area contributed by atoms with Crippen LogP contribution in [-0.2, 0) is 12.0 Å². The van der Waals surface area contributed by atoms with E-state index in [1.54, 1.807) is 6.07 Å². The minimum Gasteiger partial charge on any atom is -0.339 e. The van der Waals surface area contributed by atoms with Crippen molar-refractivity contribution in [1.82, 2.24) is 4.57 Å². The van der Waals surface area contributed by atoms with Crippen molar-refractivity contribution in [3.63, 3.8) is 0 Å². The summed E-state index contributed by atoms with van der Waals surface area (Å²) >= 11 is 0. The molecule has 42 heavy (non-hydrogen) atoms. The van der Waals surface area contributed by atoms with Crippen molar-refractivity contribution >= 4 is 33.2 Å². The molecule has 0 N–H and O–H groups in total. The lowest BCUT2D eigenvalue weighted by Crippen LogP contribution is -2.34. The van der Waals surface area contributed by atoms with Crippen LogP contribution in [0.2, 0.25) is 0 Å². The number of rotatable bonds is 4. The predicted octanol–water partition coefficient (Wildman–Crippen LogP) is 9.63. The van der Waals surface area contributed by atoms with Crippen molar-refractivity contribution < 1.29 is 22.0 Å². The Morgan fingerprint density at radius 1 is 0.548 bits per heavy atom. The monoisotopic (exact) mass is 568 g/mol. The average Bonchev–Trinajstić information content (AvgIpc) is 3.32. The second kappa shape index (κ2) is 9.44. The quantitative estimate of drug-likeness (QED) is 0.117. The zero-order valence-electron chi connectivity index (χ0n) is 22.9. The van der Waals surface area contributed by atoms with Gasteiger partial charge in [0.05, 0.1) is 5.56 Å². The van der Waals surface area contributed by atoms with E-state index in [0.717, 1.165) is 27.8 Å². The molecule has 0 spiro atoms. The van der Waals surface area contributed by atoms with Crippen molar-refractivity contribution in [2.45, 2.75) is 25.8 Å². The molecule has 0 aliphatic carbocycles. The number of halogens is 5. The fourth-order valence-corrected chi connectivity index (χ4v) is 6.50. The molecule has 1 aromatic heterocycles. The van der Waals surface area contributed by atoms with E-state index in [1.165, 1.54) is 23.3 Å². The third-order valence-corrected chi connectivity index (χ3v) is 8.55. The fraction of sp³-hybridized carbons (Fsp3) is 0.143. The molecular weight excluding hydrogens is 543 g/mol. The summed E-state index contributed by atoms with van der Waals surface area (Å²) in [6.45, 7) is 5.68. The SMILES string of the molecule is CC1(C)c2ccccc2N(CCn2c3ccccc3c3cc(-c4c(F)c(F)c(F)c(F)c4F)ccc32)c2ccccc21. The van der Waals surface area contributed by atoms with Gasteiger partial charge in [0.15, 0.2) is 23.3 Å². The lowest BCUT2D eigenvalue weighted by atomic mass is 9.73. The summed E-state index contributed by atoms with van der Waals surface area (Å²) in [5.41, 5.74) is 5.25. The largest absolute Gasteiger partial charge is 0.339 e. The van der Waals surface area contributed by atoms with E-state index >= 15 is 0 Å². The first-order chi connectivity index (χ1) is 20.2. The van der Waals surface area contributed by atoms with Crippen molar-refractivity contribution in [3.05, 3.63) is 131 Å². The first-order valence-electron chi connectivity index (χ1n) is 13.7. The second-order valence-corrected chi connectivity index (χ2v) is 11.2. The number of hydrogen-bond acceptors (Lipinski definition) is 1. The number of para-hydroxylation sites is 3. The second-order valence-electron chi connectivity index (χ2n) is 11.2. The van der Waals surface area contributed by atoms with Gasteiger partial charge in [0.25, 0.3) is 0 Å². The molecule has 1 aliphatic rings. The molecule has 1 aliphatic heterocycles. The average molecular weight is 569 g/mol. The van der Waals surface area contributed by atoms with Gasteiger partial charge in [0, 0.05) is 51.7 Å². The topological polar surface area (TPSA) is 8.17 Å². The van der Waals surface area contributed by atoms with Gasteiger partial charge in [-0.05, 0) is 47.0 Å². The number of anilines is 2.